The summed E-state index contributed by atoms with van der Waals surface area (Å²) in [6, 6.07) is 14.4. The number of benzene rings is 2. The van der Waals surface area contributed by atoms with Crippen LogP contribution in [0.3, 0.4) is 0 Å². The fraction of sp³-hybridized carbons (Fsp3) is 0.250. The molecule has 1 N–H and O–H groups in total. The molecule has 2 aromatic rings. The number of nitrogens with one attached hydrogen (secondary N) is 1. The van der Waals surface area contributed by atoms with Crippen molar-refractivity contribution in [2.45, 2.75) is 12.6 Å². The van der Waals surface area contributed by atoms with Crippen molar-refractivity contribution in [1.29, 1.82) is 0 Å². The highest BCUT2D eigenvalue weighted by atomic mass is 79.9. The van der Waals surface area contributed by atoms with Crippen molar-refractivity contribution in [2.75, 3.05) is 19.0 Å². The Morgan fingerprint density at radius 3 is 2.95 bits per heavy atom. The van der Waals surface area contributed by atoms with Crippen LogP contribution in [-0.2, 0) is 11.3 Å². The monoisotopic (exact) mass is 333 g/mol. The van der Waals surface area contributed by atoms with Gasteiger partial charge in [0.15, 0.2) is 0 Å². The van der Waals surface area contributed by atoms with Gasteiger partial charge in [0.1, 0.15) is 5.75 Å². The van der Waals surface area contributed by atoms with Gasteiger partial charge < -0.3 is 14.8 Å². The van der Waals surface area contributed by atoms with Crippen LogP contribution in [0.5, 0.6) is 5.75 Å². The summed E-state index contributed by atoms with van der Waals surface area (Å²) in [6.45, 7) is 1.36. The molecule has 3 rings (SSSR count). The number of fused-ring (bicyclic) bond motifs is 1. The van der Waals surface area contributed by atoms with Crippen molar-refractivity contribution in [1.82, 2.24) is 0 Å². The second kappa shape index (κ2) is 5.85. The third-order valence-electron chi connectivity index (χ3n) is 3.48. The zero-order valence-electron chi connectivity index (χ0n) is 11.2. The van der Waals surface area contributed by atoms with Gasteiger partial charge >= 0.3 is 0 Å². The molecule has 104 valence electrons. The largest absolute Gasteiger partial charge is 0.497 e. The molecule has 0 aromatic heterocycles. The van der Waals surface area contributed by atoms with Gasteiger partial charge in [-0.2, -0.15) is 0 Å². The first-order valence-electron chi connectivity index (χ1n) is 6.53. The summed E-state index contributed by atoms with van der Waals surface area (Å²) in [7, 11) is 1.67. The third-order valence-corrected chi connectivity index (χ3v) is 4.17. The summed E-state index contributed by atoms with van der Waals surface area (Å²) in [6.07, 6.45) is 0. The summed E-state index contributed by atoms with van der Waals surface area (Å²) < 4.78 is 12.0. The molecule has 0 aliphatic carbocycles. The summed E-state index contributed by atoms with van der Waals surface area (Å²) in [5, 5.41) is 3.53. The molecule has 1 aliphatic rings. The smallest absolute Gasteiger partial charge is 0.121 e. The third kappa shape index (κ3) is 2.67. The van der Waals surface area contributed by atoms with Gasteiger partial charge in [-0.05, 0) is 39.2 Å². The molecule has 20 heavy (non-hydrogen) atoms. The number of ether oxygens (including phenoxy) is 2. The minimum absolute atomic E-state index is 0.156. The van der Waals surface area contributed by atoms with E-state index in [9.17, 15) is 0 Å². The van der Waals surface area contributed by atoms with Crippen molar-refractivity contribution in [3.63, 3.8) is 0 Å². The quantitative estimate of drug-likeness (QED) is 0.915. The van der Waals surface area contributed by atoms with Crippen LogP contribution in [0.4, 0.5) is 5.69 Å². The van der Waals surface area contributed by atoms with Gasteiger partial charge in [-0.3, -0.25) is 0 Å². The van der Waals surface area contributed by atoms with E-state index in [2.05, 4.69) is 39.4 Å². The van der Waals surface area contributed by atoms with E-state index in [1.807, 2.05) is 24.3 Å². The lowest BCUT2D eigenvalue weighted by molar-refractivity contribution is 0.0970. The fourth-order valence-electron chi connectivity index (χ4n) is 2.43. The SMILES string of the molecule is COc1ccc(Br)c(NC2COCc3ccccc32)c1. The van der Waals surface area contributed by atoms with E-state index in [1.54, 1.807) is 7.11 Å². The number of hydrogen-bond acceptors (Lipinski definition) is 3. The van der Waals surface area contributed by atoms with Gasteiger partial charge in [-0.1, -0.05) is 24.3 Å². The van der Waals surface area contributed by atoms with E-state index in [0.29, 0.717) is 13.2 Å². The Labute approximate surface area is 127 Å². The standard InChI is InChI=1S/C16H16BrNO2/c1-19-12-6-7-14(17)15(8-12)18-16-10-20-9-11-4-2-3-5-13(11)16/h2-8,16,18H,9-10H2,1H3. The summed E-state index contributed by atoms with van der Waals surface area (Å²) in [5.74, 6) is 0.834. The molecule has 0 bridgehead atoms. The van der Waals surface area contributed by atoms with Gasteiger partial charge in [0.2, 0.25) is 0 Å². The molecule has 2 aromatic carbocycles. The predicted octanol–water partition coefficient (Wildman–Crippen LogP) is 4.14. The van der Waals surface area contributed by atoms with Crippen molar-refractivity contribution in [3.05, 3.63) is 58.1 Å². The van der Waals surface area contributed by atoms with Crippen LogP contribution in [0, 0.1) is 0 Å². The topological polar surface area (TPSA) is 30.5 Å². The molecule has 0 saturated carbocycles. The van der Waals surface area contributed by atoms with Crippen LogP contribution in [-0.4, -0.2) is 13.7 Å². The molecule has 4 heteroatoms. The number of hydrogen-bond donors (Lipinski definition) is 1. The number of methoxy groups -OCH3 is 1. The summed E-state index contributed by atoms with van der Waals surface area (Å²) in [4.78, 5) is 0. The van der Waals surface area contributed by atoms with Crippen molar-refractivity contribution in [2.24, 2.45) is 0 Å². The first-order valence-corrected chi connectivity index (χ1v) is 7.33. The maximum Gasteiger partial charge on any atom is 0.121 e. The minimum Gasteiger partial charge on any atom is -0.497 e. The molecule has 0 spiro atoms. The second-order valence-corrected chi connectivity index (χ2v) is 5.61. The molecule has 0 saturated heterocycles. The zero-order chi connectivity index (χ0) is 13.9. The molecule has 3 nitrogen and oxygen atoms in total. The molecule has 0 fully saturated rings. The van der Waals surface area contributed by atoms with Gasteiger partial charge in [-0.25, -0.2) is 0 Å². The summed E-state index contributed by atoms with van der Waals surface area (Å²) in [5.41, 5.74) is 3.55. The molecular formula is C16H16BrNO2. The van der Waals surface area contributed by atoms with Crippen LogP contribution in [0.15, 0.2) is 46.9 Å². The second-order valence-electron chi connectivity index (χ2n) is 4.76. The molecular weight excluding hydrogens is 318 g/mol. The van der Waals surface area contributed by atoms with Crippen molar-refractivity contribution >= 4 is 21.6 Å². The van der Waals surface area contributed by atoms with Crippen LogP contribution in [0.25, 0.3) is 0 Å². The average molecular weight is 334 g/mol. The van der Waals surface area contributed by atoms with E-state index < -0.39 is 0 Å². The summed E-state index contributed by atoms with van der Waals surface area (Å²) >= 11 is 3.57. The van der Waals surface area contributed by atoms with Crippen molar-refractivity contribution < 1.29 is 9.47 Å². The van der Waals surface area contributed by atoms with Gasteiger partial charge in [0, 0.05) is 10.5 Å². The highest BCUT2D eigenvalue weighted by Gasteiger charge is 2.20. The lowest BCUT2D eigenvalue weighted by atomic mass is 9.99. The maximum absolute atomic E-state index is 5.67. The molecule has 1 aliphatic heterocycles. The Morgan fingerprint density at radius 2 is 2.10 bits per heavy atom. The minimum atomic E-state index is 0.156. The van der Waals surface area contributed by atoms with Crippen LogP contribution >= 0.6 is 15.9 Å². The molecule has 1 heterocycles. The Kier molecular flexibility index (Phi) is 3.94. The van der Waals surface area contributed by atoms with Crippen molar-refractivity contribution in [3.8, 4) is 5.75 Å². The fourth-order valence-corrected chi connectivity index (χ4v) is 2.79. The zero-order valence-corrected chi connectivity index (χ0v) is 12.8. The van der Waals surface area contributed by atoms with Crippen LogP contribution in [0.1, 0.15) is 17.2 Å². The highest BCUT2D eigenvalue weighted by molar-refractivity contribution is 9.10. The van der Waals surface area contributed by atoms with E-state index in [0.717, 1.165) is 15.9 Å². The Morgan fingerprint density at radius 1 is 1.25 bits per heavy atom. The lowest BCUT2D eigenvalue weighted by Gasteiger charge is -2.27. The van der Waals surface area contributed by atoms with Gasteiger partial charge in [0.05, 0.1) is 32.1 Å². The highest BCUT2D eigenvalue weighted by Crippen LogP contribution is 2.33. The number of anilines is 1. The van der Waals surface area contributed by atoms with E-state index in [1.165, 1.54) is 11.1 Å². The van der Waals surface area contributed by atoms with E-state index in [4.69, 9.17) is 9.47 Å². The van der Waals surface area contributed by atoms with E-state index >= 15 is 0 Å². The Bertz CT molecular complexity index is 615. The molecule has 1 atom stereocenters. The van der Waals surface area contributed by atoms with Gasteiger partial charge in [-0.15, -0.1) is 0 Å². The molecule has 0 radical (unpaired) electrons. The molecule has 1 unspecified atom stereocenters. The predicted molar refractivity (Wildman–Crippen MR) is 83.2 cm³/mol. The Balaban J connectivity index is 1.89. The average Bonchev–Trinajstić information content (AvgIpc) is 2.50. The van der Waals surface area contributed by atoms with E-state index in [-0.39, 0.29) is 6.04 Å². The van der Waals surface area contributed by atoms with Crippen LogP contribution < -0.4 is 10.1 Å². The number of rotatable bonds is 3. The van der Waals surface area contributed by atoms with Gasteiger partial charge in [0.25, 0.3) is 0 Å². The lowest BCUT2D eigenvalue weighted by Crippen LogP contribution is -2.23. The van der Waals surface area contributed by atoms with Crippen LogP contribution in [0.2, 0.25) is 0 Å². The number of halogens is 1. The maximum atomic E-state index is 5.67. The normalized spacial score (nSPS) is 17.4. The first kappa shape index (κ1) is 13.5. The molecule has 0 amide bonds. The first-order chi connectivity index (χ1) is 9.78. The Hall–Kier alpha value is -1.52.